The van der Waals surface area contributed by atoms with Crippen molar-refractivity contribution in [3.63, 3.8) is 0 Å². The Bertz CT molecular complexity index is 283. The monoisotopic (exact) mass is 290 g/mol. The van der Waals surface area contributed by atoms with Crippen LogP contribution in [0.25, 0.3) is 0 Å². The zero-order valence-corrected chi connectivity index (χ0v) is 14.8. The first-order chi connectivity index (χ1) is 7.85. The van der Waals surface area contributed by atoms with Gasteiger partial charge in [0.1, 0.15) is 0 Å². The second-order valence-corrected chi connectivity index (χ2v) is 17.9. The van der Waals surface area contributed by atoms with E-state index in [2.05, 4.69) is 39.3 Å². The molecule has 6 heteroatoms. The summed E-state index contributed by atoms with van der Waals surface area (Å²) in [5.74, 6) is -1.73. The maximum Gasteiger partial charge on any atom is 0.417 e. The van der Waals surface area contributed by atoms with Crippen LogP contribution in [-0.4, -0.2) is 39.5 Å². The summed E-state index contributed by atoms with van der Waals surface area (Å²) < 4.78 is 10.3. The van der Waals surface area contributed by atoms with Crippen LogP contribution >= 0.6 is 0 Å². The summed E-state index contributed by atoms with van der Waals surface area (Å²) in [5, 5.41) is 0. The molecule has 0 N–H and O–H groups in total. The Morgan fingerprint density at radius 2 is 0.944 bits per heavy atom. The molecule has 0 aliphatic rings. The predicted octanol–water partition coefficient (Wildman–Crippen LogP) is 2.60. The van der Waals surface area contributed by atoms with Gasteiger partial charge in [0.25, 0.3) is 0 Å². The number of hydrogen-bond donors (Lipinski definition) is 0. The first kappa shape index (κ1) is 17.4. The molecule has 0 rings (SSSR count). The minimum atomic E-state index is -1.59. The van der Waals surface area contributed by atoms with Crippen molar-refractivity contribution in [2.75, 3.05) is 0 Å². The van der Waals surface area contributed by atoms with E-state index in [4.69, 9.17) is 9.47 Å². The first-order valence-corrected chi connectivity index (χ1v) is 13.4. The van der Waals surface area contributed by atoms with Gasteiger partial charge in [-0.1, -0.05) is 39.3 Å². The molecule has 4 nitrogen and oxygen atoms in total. The van der Waals surface area contributed by atoms with E-state index >= 15 is 0 Å². The minimum absolute atomic E-state index is 0.195. The van der Waals surface area contributed by atoms with Crippen molar-refractivity contribution in [2.24, 2.45) is 0 Å². The molecular weight excluding hydrogens is 264 g/mol. The van der Waals surface area contributed by atoms with Gasteiger partial charge in [-0.2, -0.15) is 0 Å². The molecule has 18 heavy (non-hydrogen) atoms. The Kier molecular flexibility index (Phi) is 5.80. The van der Waals surface area contributed by atoms with Crippen LogP contribution in [-0.2, 0) is 19.1 Å². The fourth-order valence-electron chi connectivity index (χ4n) is 0.771. The van der Waals surface area contributed by atoms with Gasteiger partial charge in [0.15, 0.2) is 0 Å². The Labute approximate surface area is 112 Å². The van der Waals surface area contributed by atoms with Crippen molar-refractivity contribution >= 4 is 28.1 Å². The molecule has 0 spiro atoms. The van der Waals surface area contributed by atoms with Crippen molar-refractivity contribution in [3.05, 3.63) is 0 Å². The van der Waals surface area contributed by atoms with E-state index in [0.29, 0.717) is 0 Å². The zero-order valence-electron chi connectivity index (χ0n) is 12.8. The van der Waals surface area contributed by atoms with Crippen molar-refractivity contribution < 1.29 is 19.1 Å². The average Bonchev–Trinajstić information content (AvgIpc) is 2.14. The lowest BCUT2D eigenvalue weighted by atomic mass is 10.6. The highest BCUT2D eigenvalue weighted by atomic mass is 28.3. The maximum absolute atomic E-state index is 11.6. The smallest absolute Gasteiger partial charge is 0.417 e. The molecule has 0 fully saturated rings. The van der Waals surface area contributed by atoms with E-state index in [1.165, 1.54) is 0 Å². The molecule has 0 aliphatic carbocycles. The highest BCUT2D eigenvalue weighted by molar-refractivity contribution is 6.78. The molecule has 0 bridgehead atoms. The summed E-state index contributed by atoms with van der Waals surface area (Å²) in [6.07, 6.45) is 0. The van der Waals surface area contributed by atoms with Gasteiger partial charge >= 0.3 is 11.9 Å². The van der Waals surface area contributed by atoms with Crippen LogP contribution in [0, 0.1) is 0 Å². The van der Waals surface area contributed by atoms with E-state index in [-0.39, 0.29) is 11.5 Å². The fourth-order valence-corrected chi connectivity index (χ4v) is 1.69. The highest BCUT2D eigenvalue weighted by Gasteiger charge is 2.32. The SMILES string of the molecule is CC(OC(=O)C(=O)OC(C)[Si](C)(C)C)[Si](C)(C)C. The normalized spacial score (nSPS) is 15.8. The Hall–Kier alpha value is -0.626. The van der Waals surface area contributed by atoms with E-state index < -0.39 is 28.1 Å². The molecule has 0 amide bonds. The van der Waals surface area contributed by atoms with Crippen LogP contribution < -0.4 is 0 Å². The number of rotatable bonds is 4. The number of carbonyl (C=O) groups excluding carboxylic acids is 2. The first-order valence-electron chi connectivity index (χ1n) is 6.27. The molecule has 0 aromatic rings. The highest BCUT2D eigenvalue weighted by Crippen LogP contribution is 2.13. The second-order valence-electron chi connectivity index (χ2n) is 6.83. The largest absolute Gasteiger partial charge is 0.458 e. The molecule has 2 atom stereocenters. The molecular formula is C12H26O4Si2. The van der Waals surface area contributed by atoms with Crippen LogP contribution in [0.5, 0.6) is 0 Å². The lowest BCUT2D eigenvalue weighted by Gasteiger charge is -2.26. The van der Waals surface area contributed by atoms with Gasteiger partial charge in [-0.05, 0) is 13.8 Å². The van der Waals surface area contributed by atoms with Crippen molar-refractivity contribution in [1.29, 1.82) is 0 Å². The number of ether oxygens (including phenoxy) is 2. The number of esters is 2. The quantitative estimate of drug-likeness (QED) is 0.454. The van der Waals surface area contributed by atoms with Crippen molar-refractivity contribution in [1.82, 2.24) is 0 Å². The third kappa shape index (κ3) is 5.81. The van der Waals surface area contributed by atoms with Gasteiger partial charge in [-0.25, -0.2) is 9.59 Å². The average molecular weight is 291 g/mol. The van der Waals surface area contributed by atoms with Gasteiger partial charge in [-0.3, -0.25) is 0 Å². The van der Waals surface area contributed by atoms with E-state index in [1.807, 2.05) is 13.8 Å². The maximum atomic E-state index is 11.6. The number of carbonyl (C=O) groups is 2. The summed E-state index contributed by atoms with van der Waals surface area (Å²) in [7, 11) is -3.18. The Balaban J connectivity index is 4.42. The molecule has 0 aliphatic heterocycles. The molecule has 0 heterocycles. The molecule has 0 saturated carbocycles. The second kappa shape index (κ2) is 6.01. The van der Waals surface area contributed by atoms with Crippen molar-refractivity contribution in [3.8, 4) is 0 Å². The lowest BCUT2D eigenvalue weighted by Crippen LogP contribution is -2.44. The predicted molar refractivity (Wildman–Crippen MR) is 77.8 cm³/mol. The van der Waals surface area contributed by atoms with Crippen molar-refractivity contribution in [2.45, 2.75) is 64.6 Å². The fraction of sp³-hybridized carbons (Fsp3) is 0.833. The zero-order chi connectivity index (χ0) is 14.7. The van der Waals surface area contributed by atoms with E-state index in [0.717, 1.165) is 0 Å². The number of hydrogen-bond acceptors (Lipinski definition) is 4. The molecule has 2 unspecified atom stereocenters. The third-order valence-electron chi connectivity index (χ3n) is 3.17. The van der Waals surface area contributed by atoms with E-state index in [9.17, 15) is 9.59 Å². The third-order valence-corrected chi connectivity index (χ3v) is 8.29. The topological polar surface area (TPSA) is 52.6 Å². The van der Waals surface area contributed by atoms with Gasteiger partial charge in [-0.15, -0.1) is 0 Å². The summed E-state index contributed by atoms with van der Waals surface area (Å²) in [4.78, 5) is 23.2. The Morgan fingerprint density at radius 1 is 0.722 bits per heavy atom. The molecule has 0 radical (unpaired) electrons. The van der Waals surface area contributed by atoms with Crippen LogP contribution in [0.2, 0.25) is 39.3 Å². The summed E-state index contributed by atoms with van der Waals surface area (Å²) in [6, 6.07) is 0. The summed E-state index contributed by atoms with van der Waals surface area (Å²) in [6.45, 7) is 16.2. The molecule has 0 saturated heterocycles. The summed E-state index contributed by atoms with van der Waals surface area (Å²) in [5.41, 5.74) is -0.389. The molecule has 0 aromatic heterocycles. The summed E-state index contributed by atoms with van der Waals surface area (Å²) >= 11 is 0. The minimum Gasteiger partial charge on any atom is -0.458 e. The van der Waals surface area contributed by atoms with Crippen LogP contribution in [0.15, 0.2) is 0 Å². The lowest BCUT2D eigenvalue weighted by molar-refractivity contribution is -0.169. The van der Waals surface area contributed by atoms with Gasteiger partial charge in [0.2, 0.25) is 0 Å². The van der Waals surface area contributed by atoms with E-state index in [1.54, 1.807) is 0 Å². The molecule has 106 valence electrons. The van der Waals surface area contributed by atoms with Gasteiger partial charge in [0, 0.05) is 0 Å². The Morgan fingerprint density at radius 3 is 1.11 bits per heavy atom. The van der Waals surface area contributed by atoms with Crippen LogP contribution in [0.1, 0.15) is 13.8 Å². The standard InChI is InChI=1S/C12H26O4Si2/c1-9(17(3,4)5)15-11(13)12(14)16-10(2)18(6,7)8/h9-10H,1-8H3. The van der Waals surface area contributed by atoms with Crippen LogP contribution in [0.4, 0.5) is 0 Å². The van der Waals surface area contributed by atoms with Gasteiger partial charge < -0.3 is 9.47 Å². The van der Waals surface area contributed by atoms with Gasteiger partial charge in [0.05, 0.1) is 27.6 Å². The molecule has 0 aromatic carbocycles. The van der Waals surface area contributed by atoms with Crippen LogP contribution in [0.3, 0.4) is 0 Å².